The first kappa shape index (κ1) is 15.0. The Morgan fingerprint density at radius 2 is 2.42 bits per heavy atom. The lowest BCUT2D eigenvalue weighted by Crippen LogP contribution is -2.28. The van der Waals surface area contributed by atoms with Crippen LogP contribution in [0.4, 0.5) is 5.82 Å². The molecule has 2 N–H and O–H groups in total. The smallest absolute Gasteiger partial charge is 0.263 e. The molecule has 0 atom stereocenters. The van der Waals surface area contributed by atoms with Gasteiger partial charge < -0.3 is 15.4 Å². The first-order chi connectivity index (χ1) is 9.17. The van der Waals surface area contributed by atoms with Crippen molar-refractivity contribution in [1.82, 2.24) is 10.3 Å². The summed E-state index contributed by atoms with van der Waals surface area (Å²) in [6, 6.07) is 5.09. The molecule has 100 valence electrons. The Morgan fingerprint density at radius 3 is 3.00 bits per heavy atom. The molecule has 0 saturated carbocycles. The van der Waals surface area contributed by atoms with Gasteiger partial charge in [0.1, 0.15) is 17.5 Å². The highest BCUT2D eigenvalue weighted by Gasteiger charge is 2.07. The molecule has 0 bridgehead atoms. The lowest BCUT2D eigenvalue weighted by molar-refractivity contribution is -0.117. The molecule has 19 heavy (non-hydrogen) atoms. The van der Waals surface area contributed by atoms with Gasteiger partial charge >= 0.3 is 0 Å². The van der Waals surface area contributed by atoms with E-state index in [4.69, 9.17) is 21.6 Å². The van der Waals surface area contributed by atoms with E-state index in [9.17, 15) is 4.79 Å². The molecule has 0 aliphatic carbocycles. The number of ether oxygens (including phenoxy) is 1. The third-order valence-electron chi connectivity index (χ3n) is 2.05. The van der Waals surface area contributed by atoms with Gasteiger partial charge in [0, 0.05) is 26.1 Å². The molecule has 6 nitrogen and oxygen atoms in total. The number of hydrogen-bond donors (Lipinski definition) is 2. The van der Waals surface area contributed by atoms with Crippen LogP contribution in [0.1, 0.15) is 0 Å². The molecule has 0 radical (unpaired) electrons. The second kappa shape index (κ2) is 8.08. The lowest BCUT2D eigenvalue weighted by atomic mass is 10.3. The summed E-state index contributed by atoms with van der Waals surface area (Å²) in [5, 5.41) is 14.7. The van der Waals surface area contributed by atoms with E-state index < -0.39 is 5.91 Å². The monoisotopic (exact) mass is 280 g/mol. The minimum Gasteiger partial charge on any atom is -0.383 e. The van der Waals surface area contributed by atoms with Gasteiger partial charge in [-0.05, 0) is 12.1 Å². The number of anilines is 1. The molecule has 0 aromatic carbocycles. The van der Waals surface area contributed by atoms with E-state index in [1.165, 1.54) is 19.5 Å². The number of nitrogens with one attached hydrogen (secondary N) is 2. The number of amides is 1. The summed E-state index contributed by atoms with van der Waals surface area (Å²) in [5.41, 5.74) is -0.0483. The van der Waals surface area contributed by atoms with Crippen molar-refractivity contribution in [3.63, 3.8) is 0 Å². The number of nitrogens with zero attached hydrogens (tertiary/aromatic N) is 2. The van der Waals surface area contributed by atoms with Gasteiger partial charge in [-0.1, -0.05) is 11.6 Å². The number of hydrogen-bond acceptors (Lipinski definition) is 5. The SMILES string of the molecule is COCCNC(=O)/C(C#N)=C\Nc1ccc(Cl)cn1. The van der Waals surface area contributed by atoms with Crippen molar-refractivity contribution in [2.45, 2.75) is 0 Å². The first-order valence-electron chi connectivity index (χ1n) is 5.43. The second-order valence-corrected chi connectivity index (χ2v) is 3.86. The summed E-state index contributed by atoms with van der Waals surface area (Å²) >= 11 is 5.69. The van der Waals surface area contributed by atoms with Crippen LogP contribution in [-0.2, 0) is 9.53 Å². The first-order valence-corrected chi connectivity index (χ1v) is 5.80. The van der Waals surface area contributed by atoms with Gasteiger partial charge in [-0.2, -0.15) is 5.26 Å². The van der Waals surface area contributed by atoms with Crippen molar-refractivity contribution < 1.29 is 9.53 Å². The fraction of sp³-hybridized carbons (Fsp3) is 0.250. The molecule has 0 unspecified atom stereocenters. The van der Waals surface area contributed by atoms with Crippen LogP contribution < -0.4 is 10.6 Å². The van der Waals surface area contributed by atoms with E-state index in [-0.39, 0.29) is 5.57 Å². The standard InChI is InChI=1S/C12H13ClN4O2/c1-19-5-4-15-12(18)9(6-14)7-16-11-3-2-10(13)8-17-11/h2-3,7-8H,4-5H2,1H3,(H,15,18)(H,16,17)/b9-7-. The predicted molar refractivity (Wildman–Crippen MR) is 71.5 cm³/mol. The summed E-state index contributed by atoms with van der Waals surface area (Å²) in [6.45, 7) is 0.726. The molecule has 0 spiro atoms. The normalized spacial score (nSPS) is 10.7. The van der Waals surface area contributed by atoms with Gasteiger partial charge in [0.15, 0.2) is 0 Å². The van der Waals surface area contributed by atoms with Crippen molar-refractivity contribution in [2.75, 3.05) is 25.6 Å². The van der Waals surface area contributed by atoms with Crippen LogP contribution in [0.5, 0.6) is 0 Å². The number of halogens is 1. The minimum absolute atomic E-state index is 0.0483. The Labute approximate surface area is 116 Å². The van der Waals surface area contributed by atoms with Gasteiger partial charge in [-0.3, -0.25) is 4.79 Å². The lowest BCUT2D eigenvalue weighted by Gasteiger charge is -2.04. The molecule has 1 amide bonds. The Kier molecular flexibility index (Phi) is 6.36. The zero-order valence-corrected chi connectivity index (χ0v) is 11.1. The molecule has 1 aromatic heterocycles. The minimum atomic E-state index is -0.471. The molecular formula is C12H13ClN4O2. The van der Waals surface area contributed by atoms with E-state index in [0.717, 1.165) is 0 Å². The Hall–Kier alpha value is -2.10. The molecule has 1 heterocycles. The number of methoxy groups -OCH3 is 1. The third kappa shape index (κ3) is 5.38. The number of rotatable bonds is 6. The molecule has 0 fully saturated rings. The zero-order valence-electron chi connectivity index (χ0n) is 10.3. The van der Waals surface area contributed by atoms with Crippen molar-refractivity contribution in [3.8, 4) is 6.07 Å². The number of aromatic nitrogens is 1. The van der Waals surface area contributed by atoms with Gasteiger partial charge in [0.05, 0.1) is 11.6 Å². The second-order valence-electron chi connectivity index (χ2n) is 3.42. The van der Waals surface area contributed by atoms with Crippen molar-refractivity contribution in [1.29, 1.82) is 5.26 Å². The van der Waals surface area contributed by atoms with Crippen LogP contribution in [-0.4, -0.2) is 31.2 Å². The zero-order chi connectivity index (χ0) is 14.1. The van der Waals surface area contributed by atoms with Gasteiger partial charge in [-0.15, -0.1) is 0 Å². The average molecular weight is 281 g/mol. The molecule has 1 aromatic rings. The third-order valence-corrected chi connectivity index (χ3v) is 2.27. The highest BCUT2D eigenvalue weighted by molar-refractivity contribution is 6.30. The fourth-order valence-electron chi connectivity index (χ4n) is 1.12. The summed E-state index contributed by atoms with van der Waals surface area (Å²) in [5.74, 6) is 0.0165. The summed E-state index contributed by atoms with van der Waals surface area (Å²) in [6.07, 6.45) is 2.75. The topological polar surface area (TPSA) is 87.0 Å². The van der Waals surface area contributed by atoms with E-state index >= 15 is 0 Å². The number of pyridine rings is 1. The van der Waals surface area contributed by atoms with E-state index in [1.807, 2.05) is 0 Å². The van der Waals surface area contributed by atoms with Crippen molar-refractivity contribution >= 4 is 23.3 Å². The maximum absolute atomic E-state index is 11.6. The number of nitriles is 1. The van der Waals surface area contributed by atoms with Crippen molar-refractivity contribution in [2.24, 2.45) is 0 Å². The average Bonchev–Trinajstić information content (AvgIpc) is 2.42. The van der Waals surface area contributed by atoms with E-state index in [0.29, 0.717) is 24.0 Å². The largest absolute Gasteiger partial charge is 0.383 e. The Balaban J connectivity index is 2.59. The number of carbonyl (C=O) groups is 1. The van der Waals surface area contributed by atoms with Gasteiger partial charge in [0.25, 0.3) is 5.91 Å². The highest BCUT2D eigenvalue weighted by Crippen LogP contribution is 2.09. The van der Waals surface area contributed by atoms with Crippen LogP contribution >= 0.6 is 11.6 Å². The maximum Gasteiger partial charge on any atom is 0.263 e. The predicted octanol–water partition coefficient (Wildman–Crippen LogP) is 1.32. The summed E-state index contributed by atoms with van der Waals surface area (Å²) in [7, 11) is 1.53. The maximum atomic E-state index is 11.6. The van der Waals surface area contributed by atoms with E-state index in [2.05, 4.69) is 15.6 Å². The van der Waals surface area contributed by atoms with Crippen LogP contribution in [0.3, 0.4) is 0 Å². The quantitative estimate of drug-likeness (QED) is 0.466. The van der Waals surface area contributed by atoms with Crippen LogP contribution in [0.15, 0.2) is 30.1 Å². The Morgan fingerprint density at radius 1 is 1.63 bits per heavy atom. The molecule has 0 saturated heterocycles. The molecule has 0 aliphatic heterocycles. The highest BCUT2D eigenvalue weighted by atomic mass is 35.5. The fourth-order valence-corrected chi connectivity index (χ4v) is 1.23. The molecule has 0 aliphatic rings. The van der Waals surface area contributed by atoms with Gasteiger partial charge in [0.2, 0.25) is 0 Å². The summed E-state index contributed by atoms with van der Waals surface area (Å²) in [4.78, 5) is 15.6. The Bertz CT molecular complexity index is 493. The van der Waals surface area contributed by atoms with Crippen molar-refractivity contribution in [3.05, 3.63) is 35.1 Å². The summed E-state index contributed by atoms with van der Waals surface area (Å²) < 4.78 is 4.79. The van der Waals surface area contributed by atoms with Crippen LogP contribution in [0.25, 0.3) is 0 Å². The van der Waals surface area contributed by atoms with E-state index in [1.54, 1.807) is 18.2 Å². The molecular weight excluding hydrogens is 268 g/mol. The van der Waals surface area contributed by atoms with Crippen LogP contribution in [0.2, 0.25) is 5.02 Å². The number of carbonyl (C=O) groups excluding carboxylic acids is 1. The van der Waals surface area contributed by atoms with Crippen LogP contribution in [0, 0.1) is 11.3 Å². The molecule has 1 rings (SSSR count). The van der Waals surface area contributed by atoms with Gasteiger partial charge in [-0.25, -0.2) is 4.98 Å². The molecule has 7 heteroatoms.